The first kappa shape index (κ1) is 22.6. The topological polar surface area (TPSA) is 102 Å². The second-order valence-electron chi connectivity index (χ2n) is 7.36. The van der Waals surface area contributed by atoms with Gasteiger partial charge in [-0.05, 0) is 30.2 Å². The van der Waals surface area contributed by atoms with E-state index in [4.69, 9.17) is 33.7 Å². The Morgan fingerprint density at radius 1 is 1.28 bits per heavy atom. The third kappa shape index (κ3) is 4.60. The summed E-state index contributed by atoms with van der Waals surface area (Å²) in [7, 11) is 0. The number of nitrogens with zero attached hydrogens (tertiary/aromatic N) is 4. The molecule has 2 amide bonds. The van der Waals surface area contributed by atoms with Crippen LogP contribution in [-0.2, 0) is 16.1 Å². The quantitative estimate of drug-likeness (QED) is 0.562. The molecule has 2 N–H and O–H groups in total. The highest BCUT2D eigenvalue weighted by Gasteiger charge is 2.36. The Kier molecular flexibility index (Phi) is 6.68. The maximum atomic E-state index is 13.1. The van der Waals surface area contributed by atoms with E-state index in [0.29, 0.717) is 46.3 Å². The van der Waals surface area contributed by atoms with Gasteiger partial charge in [-0.1, -0.05) is 47.5 Å². The summed E-state index contributed by atoms with van der Waals surface area (Å²) < 4.78 is 6.02. The molecule has 1 saturated heterocycles. The van der Waals surface area contributed by atoms with Crippen molar-refractivity contribution in [3.63, 3.8) is 0 Å². The number of carbonyl (C=O) groups is 2. The number of aromatic nitrogens is 2. The van der Waals surface area contributed by atoms with Crippen LogP contribution in [0.2, 0.25) is 9.36 Å². The predicted octanol–water partition coefficient (Wildman–Crippen LogP) is 3.61. The first-order chi connectivity index (χ1) is 15.4. The van der Waals surface area contributed by atoms with Crippen LogP contribution in [0.15, 0.2) is 30.6 Å². The molecular formula is C21H21Cl2N5O3S. The zero-order chi connectivity index (χ0) is 22.8. The van der Waals surface area contributed by atoms with E-state index in [-0.39, 0.29) is 18.4 Å². The third-order valence-electron chi connectivity index (χ3n) is 5.35. The summed E-state index contributed by atoms with van der Waals surface area (Å²) in [5, 5.41) is 1.53. The van der Waals surface area contributed by atoms with Crippen molar-refractivity contribution in [1.29, 1.82) is 0 Å². The van der Waals surface area contributed by atoms with Gasteiger partial charge in [-0.2, -0.15) is 0 Å². The number of carbonyl (C=O) groups excluding carboxylic acids is 2. The van der Waals surface area contributed by atoms with E-state index in [0.717, 1.165) is 27.8 Å². The van der Waals surface area contributed by atoms with E-state index in [1.54, 1.807) is 15.9 Å². The smallest absolute Gasteiger partial charge is 0.261 e. The SMILES string of the molecule is CC[C@H]1C(=O)N(Cc2ccc3c(N)ncnc3c2)CCN1C(=O)COc1sc(Cl)cc1Cl. The second-order valence-corrected chi connectivity index (χ2v) is 9.41. The average molecular weight is 494 g/mol. The zero-order valence-electron chi connectivity index (χ0n) is 17.3. The van der Waals surface area contributed by atoms with Gasteiger partial charge in [-0.3, -0.25) is 9.59 Å². The summed E-state index contributed by atoms with van der Waals surface area (Å²) >= 11 is 13.1. The number of hydrogen-bond acceptors (Lipinski definition) is 7. The van der Waals surface area contributed by atoms with Gasteiger partial charge in [0.2, 0.25) is 5.91 Å². The number of piperazine rings is 1. The van der Waals surface area contributed by atoms with E-state index in [1.165, 1.54) is 6.33 Å². The van der Waals surface area contributed by atoms with Gasteiger partial charge in [0.25, 0.3) is 5.91 Å². The monoisotopic (exact) mass is 493 g/mol. The largest absolute Gasteiger partial charge is 0.473 e. The molecule has 1 aliphatic heterocycles. The zero-order valence-corrected chi connectivity index (χ0v) is 19.6. The molecule has 1 fully saturated rings. The molecule has 2 aromatic heterocycles. The molecule has 1 aliphatic rings. The van der Waals surface area contributed by atoms with E-state index in [2.05, 4.69) is 9.97 Å². The number of fused-ring (bicyclic) bond motifs is 1. The van der Waals surface area contributed by atoms with Gasteiger partial charge < -0.3 is 20.3 Å². The minimum absolute atomic E-state index is 0.0911. The Hall–Kier alpha value is -2.62. The molecule has 1 aromatic carbocycles. The van der Waals surface area contributed by atoms with Gasteiger partial charge in [-0.15, -0.1) is 0 Å². The minimum Gasteiger partial charge on any atom is -0.473 e. The summed E-state index contributed by atoms with van der Waals surface area (Å²) in [6.45, 7) is 2.96. The van der Waals surface area contributed by atoms with Crippen molar-refractivity contribution in [2.75, 3.05) is 25.4 Å². The van der Waals surface area contributed by atoms with Gasteiger partial charge in [0.05, 0.1) is 14.9 Å². The fraction of sp³-hybridized carbons (Fsp3) is 0.333. The molecule has 32 heavy (non-hydrogen) atoms. The van der Waals surface area contributed by atoms with E-state index >= 15 is 0 Å². The fourth-order valence-corrected chi connectivity index (χ4v) is 5.11. The molecule has 3 heterocycles. The van der Waals surface area contributed by atoms with Gasteiger partial charge in [-0.25, -0.2) is 9.97 Å². The van der Waals surface area contributed by atoms with Crippen LogP contribution >= 0.6 is 34.5 Å². The number of hydrogen-bond donors (Lipinski definition) is 1. The lowest BCUT2D eigenvalue weighted by Crippen LogP contribution is -2.59. The van der Waals surface area contributed by atoms with Crippen LogP contribution in [0.4, 0.5) is 5.82 Å². The number of anilines is 1. The van der Waals surface area contributed by atoms with Crippen molar-refractivity contribution in [1.82, 2.24) is 19.8 Å². The van der Waals surface area contributed by atoms with Gasteiger partial charge in [0.15, 0.2) is 11.7 Å². The van der Waals surface area contributed by atoms with Crippen molar-refractivity contribution in [3.05, 3.63) is 45.5 Å². The number of thiophene rings is 1. The molecule has 0 unspecified atom stereocenters. The molecule has 1 atom stereocenters. The lowest BCUT2D eigenvalue weighted by Gasteiger charge is -2.40. The minimum atomic E-state index is -0.541. The normalized spacial score (nSPS) is 16.6. The number of rotatable bonds is 6. The fourth-order valence-electron chi connectivity index (χ4n) is 3.77. The number of halogens is 2. The van der Waals surface area contributed by atoms with E-state index in [9.17, 15) is 9.59 Å². The maximum Gasteiger partial charge on any atom is 0.261 e. The van der Waals surface area contributed by atoms with E-state index in [1.807, 2.05) is 25.1 Å². The highest BCUT2D eigenvalue weighted by molar-refractivity contribution is 7.18. The van der Waals surface area contributed by atoms with Crippen LogP contribution in [0.3, 0.4) is 0 Å². The van der Waals surface area contributed by atoms with Gasteiger partial charge >= 0.3 is 0 Å². The molecule has 4 rings (SSSR count). The highest BCUT2D eigenvalue weighted by Crippen LogP contribution is 2.37. The summed E-state index contributed by atoms with van der Waals surface area (Å²) in [6, 6.07) is 6.71. The maximum absolute atomic E-state index is 13.1. The molecule has 3 aromatic rings. The van der Waals surface area contributed by atoms with Crippen LogP contribution in [0.5, 0.6) is 5.06 Å². The molecule has 8 nitrogen and oxygen atoms in total. The first-order valence-corrected chi connectivity index (χ1v) is 11.6. The Bertz CT molecular complexity index is 1170. The van der Waals surface area contributed by atoms with Gasteiger partial charge in [0, 0.05) is 25.0 Å². The Morgan fingerprint density at radius 2 is 2.09 bits per heavy atom. The predicted molar refractivity (Wildman–Crippen MR) is 125 cm³/mol. The number of ether oxygens (including phenoxy) is 1. The van der Waals surface area contributed by atoms with Crippen molar-refractivity contribution in [2.24, 2.45) is 0 Å². The number of nitrogen functional groups attached to an aromatic ring is 1. The molecule has 0 saturated carbocycles. The van der Waals surface area contributed by atoms with Crippen LogP contribution in [0.1, 0.15) is 18.9 Å². The third-order valence-corrected chi connectivity index (χ3v) is 6.92. The number of benzene rings is 1. The van der Waals surface area contributed by atoms with Crippen molar-refractivity contribution < 1.29 is 14.3 Å². The Balaban J connectivity index is 1.42. The molecule has 0 radical (unpaired) electrons. The molecule has 0 bridgehead atoms. The summed E-state index contributed by atoms with van der Waals surface area (Å²) in [5.74, 6) is 0.0686. The van der Waals surface area contributed by atoms with Crippen LogP contribution in [-0.4, -0.2) is 57.3 Å². The molecule has 0 spiro atoms. The summed E-state index contributed by atoms with van der Waals surface area (Å²) in [6.07, 6.45) is 1.93. The van der Waals surface area contributed by atoms with Gasteiger partial charge in [0.1, 0.15) is 18.2 Å². The lowest BCUT2D eigenvalue weighted by atomic mass is 10.1. The van der Waals surface area contributed by atoms with E-state index < -0.39 is 6.04 Å². The van der Waals surface area contributed by atoms with Crippen molar-refractivity contribution in [3.8, 4) is 5.06 Å². The molecule has 168 valence electrons. The highest BCUT2D eigenvalue weighted by atomic mass is 35.5. The first-order valence-electron chi connectivity index (χ1n) is 10.0. The van der Waals surface area contributed by atoms with Crippen molar-refractivity contribution in [2.45, 2.75) is 25.9 Å². The summed E-state index contributed by atoms with van der Waals surface area (Å²) in [5.41, 5.74) is 7.55. The Morgan fingerprint density at radius 3 is 2.81 bits per heavy atom. The lowest BCUT2D eigenvalue weighted by molar-refractivity contribution is -0.153. The number of amides is 2. The van der Waals surface area contributed by atoms with Crippen LogP contribution in [0, 0.1) is 0 Å². The van der Waals surface area contributed by atoms with Crippen molar-refractivity contribution >= 4 is 63.1 Å². The molecule has 0 aliphatic carbocycles. The number of nitrogens with two attached hydrogens (primary N) is 1. The average Bonchev–Trinajstić information content (AvgIpc) is 3.10. The Labute approximate surface area is 198 Å². The van der Waals surface area contributed by atoms with Crippen LogP contribution in [0.25, 0.3) is 10.9 Å². The molecule has 11 heteroatoms. The summed E-state index contributed by atoms with van der Waals surface area (Å²) in [4.78, 5) is 37.5. The second kappa shape index (κ2) is 9.48. The molecular weight excluding hydrogens is 473 g/mol. The standard InChI is InChI=1S/C21H21Cl2N5O3S/c1-2-16-20(30)27(9-12-3-4-13-15(7-12)25-11-26-19(13)24)5-6-28(16)18(29)10-31-21-14(22)8-17(23)32-21/h3-4,7-8,11,16H,2,5-6,9-10H2,1H3,(H2,24,25,26)/t16-/m0/s1. The van der Waals surface area contributed by atoms with Crippen LogP contribution < -0.4 is 10.5 Å².